The standard InChI is InChI=1S/C27H27ClF4N2O4/c1-15-2-4-17(7-19(15)29)37-10-24(36)34-26-11-25(12-26,13-26)9-21(35)23-8-20(33-14-27(30,31)32)18-6-16(28)3-5-22(18)38-23/h2-7,20,23,33H,8-14H2,1H3,(H,34,36)/t20-,23-,25?,26?/m0/s1. The summed E-state index contributed by atoms with van der Waals surface area (Å²) in [4.78, 5) is 25.5. The number of hydrogen-bond acceptors (Lipinski definition) is 5. The van der Waals surface area contributed by atoms with Crippen LogP contribution in [0.4, 0.5) is 17.6 Å². The number of amides is 1. The molecule has 1 heterocycles. The first-order valence-electron chi connectivity index (χ1n) is 12.3. The summed E-state index contributed by atoms with van der Waals surface area (Å²) in [6, 6.07) is 8.36. The van der Waals surface area contributed by atoms with E-state index in [9.17, 15) is 27.2 Å². The first kappa shape index (κ1) is 26.7. The Morgan fingerprint density at radius 2 is 1.89 bits per heavy atom. The molecule has 0 aromatic heterocycles. The second-order valence-electron chi connectivity index (χ2n) is 10.8. The lowest BCUT2D eigenvalue weighted by Gasteiger charge is -2.70. The summed E-state index contributed by atoms with van der Waals surface area (Å²) in [5.41, 5.74) is 0.348. The van der Waals surface area contributed by atoms with E-state index in [1.165, 1.54) is 6.07 Å². The third-order valence-electron chi connectivity index (χ3n) is 7.58. The summed E-state index contributed by atoms with van der Waals surface area (Å²) < 4.78 is 63.5. The van der Waals surface area contributed by atoms with Crippen LogP contribution in [0, 0.1) is 18.2 Å². The number of benzene rings is 2. The Labute approximate surface area is 222 Å². The summed E-state index contributed by atoms with van der Waals surface area (Å²) in [7, 11) is 0. The van der Waals surface area contributed by atoms with Gasteiger partial charge in [0.1, 0.15) is 17.3 Å². The Morgan fingerprint density at radius 1 is 1.16 bits per heavy atom. The number of nitrogens with one attached hydrogen (secondary N) is 2. The fraction of sp³-hybridized carbons (Fsp3) is 0.481. The van der Waals surface area contributed by atoms with Crippen LogP contribution in [0.2, 0.25) is 5.02 Å². The van der Waals surface area contributed by atoms with Gasteiger partial charge in [0, 0.05) is 41.1 Å². The molecular formula is C27H27ClF4N2O4. The lowest BCUT2D eigenvalue weighted by Crippen LogP contribution is -2.75. The van der Waals surface area contributed by atoms with E-state index >= 15 is 0 Å². The van der Waals surface area contributed by atoms with Crippen molar-refractivity contribution in [1.82, 2.24) is 10.6 Å². The molecule has 0 radical (unpaired) electrons. The van der Waals surface area contributed by atoms with Gasteiger partial charge in [-0.25, -0.2) is 4.39 Å². The van der Waals surface area contributed by atoms with E-state index in [1.54, 1.807) is 37.3 Å². The number of ether oxygens (including phenoxy) is 2. The quantitative estimate of drug-likeness (QED) is 0.416. The van der Waals surface area contributed by atoms with E-state index in [2.05, 4.69) is 10.6 Å². The van der Waals surface area contributed by atoms with Crippen LogP contribution < -0.4 is 20.1 Å². The molecule has 1 amide bonds. The number of aryl methyl sites for hydroxylation is 1. The molecule has 2 aromatic carbocycles. The van der Waals surface area contributed by atoms with Crippen molar-refractivity contribution in [1.29, 1.82) is 0 Å². The van der Waals surface area contributed by atoms with Crippen LogP contribution in [0.25, 0.3) is 0 Å². The highest BCUT2D eigenvalue weighted by Crippen LogP contribution is 2.69. The maximum atomic E-state index is 13.7. The van der Waals surface area contributed by atoms with Crippen molar-refractivity contribution in [2.75, 3.05) is 13.2 Å². The van der Waals surface area contributed by atoms with Crippen LogP contribution in [0.1, 0.15) is 49.3 Å². The average molecular weight is 555 g/mol. The second kappa shape index (κ2) is 9.72. The van der Waals surface area contributed by atoms with Gasteiger partial charge in [0.2, 0.25) is 0 Å². The lowest BCUT2D eigenvalue weighted by atomic mass is 9.38. The van der Waals surface area contributed by atoms with Gasteiger partial charge >= 0.3 is 6.18 Å². The molecule has 11 heteroatoms. The van der Waals surface area contributed by atoms with Gasteiger partial charge in [0.25, 0.3) is 5.91 Å². The van der Waals surface area contributed by atoms with E-state index in [4.69, 9.17) is 21.1 Å². The zero-order chi connectivity index (χ0) is 27.3. The second-order valence-corrected chi connectivity index (χ2v) is 11.2. The predicted molar refractivity (Wildman–Crippen MR) is 131 cm³/mol. The normalized spacial score (nSPS) is 27.3. The van der Waals surface area contributed by atoms with Crippen molar-refractivity contribution in [2.45, 2.75) is 62.9 Å². The molecule has 4 aliphatic rings. The Morgan fingerprint density at radius 3 is 2.58 bits per heavy atom. The van der Waals surface area contributed by atoms with Crippen LogP contribution in [-0.4, -0.2) is 42.7 Å². The zero-order valence-corrected chi connectivity index (χ0v) is 21.3. The predicted octanol–water partition coefficient (Wildman–Crippen LogP) is 5.21. The van der Waals surface area contributed by atoms with Crippen LogP contribution in [0.3, 0.4) is 0 Å². The molecule has 1 aliphatic heterocycles. The number of halogens is 5. The molecular weight excluding hydrogens is 528 g/mol. The number of hydrogen-bond donors (Lipinski definition) is 2. The Kier molecular flexibility index (Phi) is 6.84. The molecule has 3 aliphatic carbocycles. The van der Waals surface area contributed by atoms with Crippen molar-refractivity contribution in [2.24, 2.45) is 5.41 Å². The highest BCUT2D eigenvalue weighted by Gasteiger charge is 2.68. The maximum absolute atomic E-state index is 13.7. The molecule has 3 saturated carbocycles. The minimum absolute atomic E-state index is 0.0666. The fourth-order valence-corrected chi connectivity index (χ4v) is 6.20. The van der Waals surface area contributed by atoms with E-state index in [0.717, 1.165) is 0 Å². The number of alkyl halides is 3. The molecule has 3 fully saturated rings. The number of fused-ring (bicyclic) bond motifs is 1. The third kappa shape index (κ3) is 5.61. The highest BCUT2D eigenvalue weighted by atomic mass is 35.5. The maximum Gasteiger partial charge on any atom is 0.401 e. The molecule has 6 rings (SSSR count). The topological polar surface area (TPSA) is 76.7 Å². The van der Waals surface area contributed by atoms with E-state index in [0.29, 0.717) is 41.2 Å². The molecule has 2 bridgehead atoms. The molecule has 204 valence electrons. The van der Waals surface area contributed by atoms with Crippen molar-refractivity contribution >= 4 is 23.3 Å². The van der Waals surface area contributed by atoms with E-state index in [1.807, 2.05) is 0 Å². The summed E-state index contributed by atoms with van der Waals surface area (Å²) in [6.07, 6.45) is -3.09. The molecule has 0 spiro atoms. The summed E-state index contributed by atoms with van der Waals surface area (Å²) >= 11 is 6.04. The van der Waals surface area contributed by atoms with Crippen LogP contribution >= 0.6 is 11.6 Å². The van der Waals surface area contributed by atoms with Crippen LogP contribution in [-0.2, 0) is 9.59 Å². The summed E-state index contributed by atoms with van der Waals surface area (Å²) in [6.45, 7) is 0.189. The molecule has 38 heavy (non-hydrogen) atoms. The fourth-order valence-electron chi connectivity index (χ4n) is 6.02. The minimum atomic E-state index is -4.40. The van der Waals surface area contributed by atoms with Gasteiger partial charge in [-0.1, -0.05) is 17.7 Å². The van der Waals surface area contributed by atoms with Gasteiger partial charge in [-0.05, 0) is 61.4 Å². The van der Waals surface area contributed by atoms with Gasteiger partial charge in [-0.3, -0.25) is 9.59 Å². The summed E-state index contributed by atoms with van der Waals surface area (Å²) in [5, 5.41) is 5.82. The molecule has 0 saturated heterocycles. The number of carbonyl (C=O) groups is 2. The average Bonchev–Trinajstić information content (AvgIpc) is 2.80. The van der Waals surface area contributed by atoms with Crippen molar-refractivity contribution in [3.05, 3.63) is 58.4 Å². The van der Waals surface area contributed by atoms with Gasteiger partial charge in [0.05, 0.1) is 6.54 Å². The van der Waals surface area contributed by atoms with E-state index < -0.39 is 30.7 Å². The number of ketones is 1. The van der Waals surface area contributed by atoms with Gasteiger partial charge in [0.15, 0.2) is 18.5 Å². The number of rotatable bonds is 9. The van der Waals surface area contributed by atoms with Gasteiger partial charge < -0.3 is 20.1 Å². The third-order valence-corrected chi connectivity index (χ3v) is 7.82. The van der Waals surface area contributed by atoms with Gasteiger partial charge in [-0.15, -0.1) is 0 Å². The Balaban J connectivity index is 1.13. The smallest absolute Gasteiger partial charge is 0.401 e. The minimum Gasteiger partial charge on any atom is -0.484 e. The molecule has 2 N–H and O–H groups in total. The summed E-state index contributed by atoms with van der Waals surface area (Å²) in [5.74, 6) is -0.301. The van der Waals surface area contributed by atoms with Crippen LogP contribution in [0.5, 0.6) is 11.5 Å². The number of Topliss-reactive ketones (excluding diaryl/α,β-unsaturated/α-hetero) is 1. The van der Waals surface area contributed by atoms with Crippen molar-refractivity contribution in [3.8, 4) is 11.5 Å². The monoisotopic (exact) mass is 554 g/mol. The SMILES string of the molecule is Cc1ccc(OCC(=O)NC23CC(CC(=O)[C@@H]4C[C@H](NCC(F)(F)F)c5cc(Cl)ccc5O4)(C2)C3)cc1F. The highest BCUT2D eigenvalue weighted by molar-refractivity contribution is 6.30. The molecule has 6 nitrogen and oxygen atoms in total. The zero-order valence-electron chi connectivity index (χ0n) is 20.6. The Hall–Kier alpha value is -2.85. The molecule has 2 aromatic rings. The first-order chi connectivity index (χ1) is 17.8. The first-order valence-corrected chi connectivity index (χ1v) is 12.7. The van der Waals surface area contributed by atoms with Crippen molar-refractivity contribution in [3.63, 3.8) is 0 Å². The molecule has 2 atom stereocenters. The largest absolute Gasteiger partial charge is 0.484 e. The van der Waals surface area contributed by atoms with Crippen molar-refractivity contribution < 1.29 is 36.6 Å². The van der Waals surface area contributed by atoms with E-state index in [-0.39, 0.29) is 47.8 Å². The Bertz CT molecular complexity index is 1250. The number of carbonyl (C=O) groups excluding carboxylic acids is 2. The molecule has 0 unspecified atom stereocenters. The van der Waals surface area contributed by atoms with Crippen LogP contribution in [0.15, 0.2) is 36.4 Å². The lowest BCUT2D eigenvalue weighted by molar-refractivity contribution is -0.175. The van der Waals surface area contributed by atoms with Gasteiger partial charge in [-0.2, -0.15) is 13.2 Å².